The standard InChI is InChI=1S/C18H20N4O3.C11H10N4/c1-11(23)25-10-18(2,3)17(24)22-14-8-9-19-15(14)16-20-12-6-4-5-7-13(12)21-16;12-7-5-6-13-10(7)11-14-8-3-1-2-4-9(8)15-11/h4-8H,9-10H2,1-3H3,(H,20,21)(H,22,24);1-5H,6,12H2,(H,14,15). The summed E-state index contributed by atoms with van der Waals surface area (Å²) in [6.07, 6.45) is 3.73. The van der Waals surface area contributed by atoms with Crippen molar-refractivity contribution in [2.45, 2.75) is 20.8 Å². The van der Waals surface area contributed by atoms with E-state index in [-0.39, 0.29) is 12.5 Å². The van der Waals surface area contributed by atoms with E-state index >= 15 is 0 Å². The lowest BCUT2D eigenvalue weighted by Gasteiger charge is -2.23. The Hall–Kier alpha value is -5.06. The molecule has 204 valence electrons. The molecule has 0 atom stereocenters. The highest BCUT2D eigenvalue weighted by atomic mass is 16.5. The summed E-state index contributed by atoms with van der Waals surface area (Å²) in [5.74, 6) is 0.710. The first-order valence-corrected chi connectivity index (χ1v) is 12.8. The third-order valence-electron chi connectivity index (χ3n) is 6.36. The Morgan fingerprint density at radius 1 is 0.900 bits per heavy atom. The van der Waals surface area contributed by atoms with Gasteiger partial charge in [-0.15, -0.1) is 0 Å². The first-order valence-electron chi connectivity index (χ1n) is 12.8. The second-order valence-corrected chi connectivity index (χ2v) is 9.98. The van der Waals surface area contributed by atoms with Crippen LogP contribution in [0.25, 0.3) is 22.1 Å². The molecule has 1 amide bonds. The van der Waals surface area contributed by atoms with Crippen molar-refractivity contribution in [3.63, 3.8) is 0 Å². The summed E-state index contributed by atoms with van der Waals surface area (Å²) in [6, 6.07) is 15.6. The van der Waals surface area contributed by atoms with E-state index in [4.69, 9.17) is 10.5 Å². The van der Waals surface area contributed by atoms with Gasteiger partial charge in [-0.25, -0.2) is 9.97 Å². The van der Waals surface area contributed by atoms with E-state index in [2.05, 4.69) is 35.2 Å². The molecule has 11 nitrogen and oxygen atoms in total. The molecule has 6 rings (SSSR count). The fourth-order valence-corrected chi connectivity index (χ4v) is 4.13. The maximum Gasteiger partial charge on any atom is 0.302 e. The van der Waals surface area contributed by atoms with Crippen molar-refractivity contribution in [2.24, 2.45) is 21.1 Å². The number of para-hydroxylation sites is 4. The number of rotatable bonds is 6. The van der Waals surface area contributed by atoms with Crippen LogP contribution in [0.1, 0.15) is 32.4 Å². The summed E-state index contributed by atoms with van der Waals surface area (Å²) in [6.45, 7) is 5.90. The van der Waals surface area contributed by atoms with Gasteiger partial charge in [-0.05, 0) is 50.3 Å². The number of aromatic nitrogens is 4. The number of benzene rings is 2. The summed E-state index contributed by atoms with van der Waals surface area (Å²) in [4.78, 5) is 47.6. The topological polar surface area (TPSA) is 163 Å². The van der Waals surface area contributed by atoms with Crippen LogP contribution in [0, 0.1) is 5.41 Å². The van der Waals surface area contributed by atoms with Crippen molar-refractivity contribution in [2.75, 3.05) is 19.7 Å². The number of amides is 1. The van der Waals surface area contributed by atoms with E-state index < -0.39 is 11.4 Å². The molecule has 0 radical (unpaired) electrons. The van der Waals surface area contributed by atoms with E-state index in [0.29, 0.717) is 36.0 Å². The Morgan fingerprint density at radius 3 is 2.00 bits per heavy atom. The number of aromatic amines is 2. The van der Waals surface area contributed by atoms with Gasteiger partial charge in [-0.3, -0.25) is 19.6 Å². The molecule has 0 bridgehead atoms. The van der Waals surface area contributed by atoms with Gasteiger partial charge in [-0.1, -0.05) is 24.3 Å². The Labute approximate surface area is 230 Å². The van der Waals surface area contributed by atoms with Crippen LogP contribution in [-0.2, 0) is 14.3 Å². The largest absolute Gasteiger partial charge is 0.465 e. The Kier molecular flexibility index (Phi) is 7.28. The number of H-pyrrole nitrogens is 2. The van der Waals surface area contributed by atoms with Crippen molar-refractivity contribution in [1.29, 1.82) is 0 Å². The molecule has 2 aromatic carbocycles. The highest BCUT2D eigenvalue weighted by molar-refractivity contribution is 6.14. The number of imidazole rings is 2. The number of allylic oxidation sites excluding steroid dienone is 2. The lowest BCUT2D eigenvalue weighted by Crippen LogP contribution is -2.41. The number of hydrogen-bond donors (Lipinski definition) is 4. The average molecular weight is 539 g/mol. The van der Waals surface area contributed by atoms with E-state index in [1.54, 1.807) is 13.8 Å². The van der Waals surface area contributed by atoms with E-state index in [1.807, 2.05) is 60.7 Å². The molecule has 4 aromatic rings. The zero-order valence-electron chi connectivity index (χ0n) is 22.5. The summed E-state index contributed by atoms with van der Waals surface area (Å²) in [7, 11) is 0. The molecule has 40 heavy (non-hydrogen) atoms. The van der Waals surface area contributed by atoms with Gasteiger partial charge in [0.2, 0.25) is 5.91 Å². The van der Waals surface area contributed by atoms with Gasteiger partial charge in [0.25, 0.3) is 0 Å². The number of hydrogen-bond acceptors (Lipinski definition) is 8. The lowest BCUT2D eigenvalue weighted by molar-refractivity contribution is -0.147. The minimum absolute atomic E-state index is 0.0125. The molecule has 0 saturated heterocycles. The molecular weight excluding hydrogens is 508 g/mol. The number of nitrogens with one attached hydrogen (secondary N) is 3. The van der Waals surface area contributed by atoms with Gasteiger partial charge in [0.15, 0.2) is 11.6 Å². The van der Waals surface area contributed by atoms with Crippen molar-refractivity contribution in [3.05, 3.63) is 83.7 Å². The molecule has 11 heteroatoms. The van der Waals surface area contributed by atoms with Crippen LogP contribution in [0.2, 0.25) is 0 Å². The smallest absolute Gasteiger partial charge is 0.302 e. The molecular formula is C29H30N8O3. The first-order chi connectivity index (χ1) is 19.2. The minimum atomic E-state index is -0.853. The maximum absolute atomic E-state index is 12.6. The third-order valence-corrected chi connectivity index (χ3v) is 6.36. The van der Waals surface area contributed by atoms with Crippen molar-refractivity contribution >= 4 is 45.4 Å². The van der Waals surface area contributed by atoms with Crippen LogP contribution in [0.5, 0.6) is 0 Å². The highest BCUT2D eigenvalue weighted by Crippen LogP contribution is 2.20. The fraction of sp³-hybridized carbons (Fsp3) is 0.241. The first kappa shape index (κ1) is 26.5. The number of nitrogens with zero attached hydrogens (tertiary/aromatic N) is 4. The molecule has 0 aliphatic carbocycles. The molecule has 0 fully saturated rings. The Bertz CT molecular complexity index is 1660. The van der Waals surface area contributed by atoms with Crippen molar-refractivity contribution in [1.82, 2.24) is 25.3 Å². The molecule has 4 heterocycles. The molecule has 0 saturated carbocycles. The number of esters is 1. The lowest BCUT2D eigenvalue weighted by atomic mass is 9.93. The van der Waals surface area contributed by atoms with Gasteiger partial charge in [-0.2, -0.15) is 0 Å². The van der Waals surface area contributed by atoms with E-state index in [9.17, 15) is 9.59 Å². The van der Waals surface area contributed by atoms with Gasteiger partial charge in [0, 0.05) is 6.92 Å². The molecule has 2 aromatic heterocycles. The zero-order chi connectivity index (χ0) is 28.3. The second kappa shape index (κ2) is 11.0. The molecule has 2 aliphatic rings. The SMILES string of the molecule is CC(=O)OCC(C)(C)C(=O)NC1=CCN=C1c1nc2ccccc2[nH]1.NC1=CCN=C1c1nc2ccccc2[nH]1. The predicted octanol–water partition coefficient (Wildman–Crippen LogP) is 3.16. The van der Waals surface area contributed by atoms with E-state index in [1.165, 1.54) is 6.92 Å². The molecule has 0 unspecified atom stereocenters. The van der Waals surface area contributed by atoms with Crippen LogP contribution >= 0.6 is 0 Å². The Balaban J connectivity index is 0.000000182. The van der Waals surface area contributed by atoms with Gasteiger partial charge in [0.1, 0.15) is 18.0 Å². The number of carbonyl (C=O) groups excluding carboxylic acids is 2. The summed E-state index contributed by atoms with van der Waals surface area (Å²) in [5.41, 5.74) is 11.4. The van der Waals surface area contributed by atoms with Gasteiger partial charge in [0.05, 0.1) is 52.0 Å². The monoisotopic (exact) mass is 538 g/mol. The van der Waals surface area contributed by atoms with Gasteiger partial charge >= 0.3 is 5.97 Å². The Morgan fingerprint density at radius 2 is 1.45 bits per heavy atom. The van der Waals surface area contributed by atoms with Crippen molar-refractivity contribution in [3.8, 4) is 0 Å². The third kappa shape index (κ3) is 5.68. The predicted molar refractivity (Wildman–Crippen MR) is 154 cm³/mol. The van der Waals surface area contributed by atoms with Crippen molar-refractivity contribution < 1.29 is 14.3 Å². The maximum atomic E-state index is 12.6. The number of ether oxygens (including phenoxy) is 1. The molecule has 5 N–H and O–H groups in total. The quantitative estimate of drug-likeness (QED) is 0.276. The normalized spacial score (nSPS) is 14.7. The van der Waals surface area contributed by atoms with E-state index in [0.717, 1.165) is 33.6 Å². The summed E-state index contributed by atoms with van der Waals surface area (Å²) < 4.78 is 4.98. The minimum Gasteiger partial charge on any atom is -0.465 e. The number of aliphatic imine (C=N–C) groups is 2. The molecule has 0 spiro atoms. The van der Waals surface area contributed by atoms with Crippen LogP contribution < -0.4 is 11.1 Å². The molecule has 2 aliphatic heterocycles. The van der Waals surface area contributed by atoms with Crippen LogP contribution in [0.3, 0.4) is 0 Å². The second-order valence-electron chi connectivity index (χ2n) is 9.98. The highest BCUT2D eigenvalue weighted by Gasteiger charge is 2.31. The zero-order valence-corrected chi connectivity index (χ0v) is 22.5. The van der Waals surface area contributed by atoms with Gasteiger partial charge < -0.3 is 25.8 Å². The van der Waals surface area contributed by atoms with Crippen LogP contribution in [0.4, 0.5) is 0 Å². The number of nitrogens with two attached hydrogens (primary N) is 1. The van der Waals surface area contributed by atoms with Crippen LogP contribution in [-0.4, -0.2) is 62.9 Å². The van der Waals surface area contributed by atoms with Crippen LogP contribution in [0.15, 0.2) is 82.1 Å². The summed E-state index contributed by atoms with van der Waals surface area (Å²) in [5, 5.41) is 2.88. The summed E-state index contributed by atoms with van der Waals surface area (Å²) >= 11 is 0. The number of fused-ring (bicyclic) bond motifs is 2. The number of carbonyl (C=O) groups is 2. The fourth-order valence-electron chi connectivity index (χ4n) is 4.13. The average Bonchev–Trinajstić information content (AvgIpc) is 3.73.